The standard InChI is InChI=1S/C14H18N2O3/c15-11-6-4-9(5-7-11)13(17)16-12-3-1-2-10(8-12)14(18)19/h4-7,10,12H,1-3,8,15H2,(H,16,17)(H,18,19). The van der Waals surface area contributed by atoms with Gasteiger partial charge in [0.15, 0.2) is 0 Å². The maximum Gasteiger partial charge on any atom is 0.306 e. The maximum atomic E-state index is 12.0. The van der Waals surface area contributed by atoms with E-state index in [1.54, 1.807) is 24.3 Å². The number of carbonyl (C=O) groups excluding carboxylic acids is 1. The molecule has 4 N–H and O–H groups in total. The highest BCUT2D eigenvalue weighted by molar-refractivity contribution is 5.94. The highest BCUT2D eigenvalue weighted by atomic mass is 16.4. The molecule has 0 radical (unpaired) electrons. The summed E-state index contributed by atoms with van der Waals surface area (Å²) in [6, 6.07) is 6.63. The van der Waals surface area contributed by atoms with Gasteiger partial charge in [-0.25, -0.2) is 0 Å². The van der Waals surface area contributed by atoms with Crippen LogP contribution in [0.3, 0.4) is 0 Å². The summed E-state index contributed by atoms with van der Waals surface area (Å²) in [6.45, 7) is 0. The number of rotatable bonds is 3. The Bertz CT molecular complexity index is 470. The quantitative estimate of drug-likeness (QED) is 0.722. The minimum absolute atomic E-state index is 0.0556. The molecule has 5 heteroatoms. The van der Waals surface area contributed by atoms with Crippen LogP contribution >= 0.6 is 0 Å². The number of nitrogens with one attached hydrogen (secondary N) is 1. The van der Waals surface area contributed by atoms with Gasteiger partial charge in [0, 0.05) is 17.3 Å². The molecule has 0 bridgehead atoms. The van der Waals surface area contributed by atoms with Crippen LogP contribution in [0.15, 0.2) is 24.3 Å². The van der Waals surface area contributed by atoms with Crippen LogP contribution in [0.4, 0.5) is 5.69 Å². The van der Waals surface area contributed by atoms with Crippen molar-refractivity contribution in [3.63, 3.8) is 0 Å². The zero-order valence-corrected chi connectivity index (χ0v) is 10.6. The van der Waals surface area contributed by atoms with E-state index in [0.717, 1.165) is 12.8 Å². The summed E-state index contributed by atoms with van der Waals surface area (Å²) in [4.78, 5) is 23.0. The summed E-state index contributed by atoms with van der Waals surface area (Å²) >= 11 is 0. The van der Waals surface area contributed by atoms with Crippen LogP contribution in [0.2, 0.25) is 0 Å². The van der Waals surface area contributed by atoms with Gasteiger partial charge in [-0.1, -0.05) is 6.42 Å². The number of anilines is 1. The van der Waals surface area contributed by atoms with Crippen LogP contribution in [0, 0.1) is 5.92 Å². The number of nitrogens with two attached hydrogens (primary N) is 1. The van der Waals surface area contributed by atoms with E-state index in [2.05, 4.69) is 5.32 Å². The van der Waals surface area contributed by atoms with Crippen LogP contribution < -0.4 is 11.1 Å². The fraction of sp³-hybridized carbons (Fsp3) is 0.429. The van der Waals surface area contributed by atoms with Crippen molar-refractivity contribution in [1.29, 1.82) is 0 Å². The van der Waals surface area contributed by atoms with Gasteiger partial charge in [0.05, 0.1) is 5.92 Å². The average molecular weight is 262 g/mol. The van der Waals surface area contributed by atoms with Gasteiger partial charge >= 0.3 is 5.97 Å². The Hall–Kier alpha value is -2.04. The van der Waals surface area contributed by atoms with E-state index in [-0.39, 0.29) is 17.9 Å². The molecule has 1 aliphatic carbocycles. The molecular formula is C14H18N2O3. The third-order valence-electron chi connectivity index (χ3n) is 3.53. The van der Waals surface area contributed by atoms with Crippen molar-refractivity contribution < 1.29 is 14.7 Å². The Labute approximate surface area is 111 Å². The van der Waals surface area contributed by atoms with Gasteiger partial charge in [0.1, 0.15) is 0 Å². The first-order chi connectivity index (χ1) is 9.06. The average Bonchev–Trinajstić information content (AvgIpc) is 2.39. The zero-order valence-electron chi connectivity index (χ0n) is 10.6. The smallest absolute Gasteiger partial charge is 0.306 e. The highest BCUT2D eigenvalue weighted by Gasteiger charge is 2.27. The number of carbonyl (C=O) groups is 2. The molecule has 1 aromatic rings. The lowest BCUT2D eigenvalue weighted by Gasteiger charge is -2.27. The van der Waals surface area contributed by atoms with Gasteiger partial charge < -0.3 is 16.2 Å². The first-order valence-electron chi connectivity index (χ1n) is 6.45. The van der Waals surface area contributed by atoms with Crippen LogP contribution in [-0.2, 0) is 4.79 Å². The fourth-order valence-corrected chi connectivity index (χ4v) is 2.45. The normalized spacial score (nSPS) is 22.7. The molecule has 1 fully saturated rings. The number of aliphatic carboxylic acids is 1. The third kappa shape index (κ3) is 3.47. The van der Waals surface area contributed by atoms with Crippen LogP contribution in [-0.4, -0.2) is 23.0 Å². The molecule has 2 rings (SSSR count). The van der Waals surface area contributed by atoms with E-state index in [1.165, 1.54) is 0 Å². The minimum Gasteiger partial charge on any atom is -0.481 e. The van der Waals surface area contributed by atoms with Crippen molar-refractivity contribution in [3.05, 3.63) is 29.8 Å². The molecule has 102 valence electrons. The van der Waals surface area contributed by atoms with Crippen LogP contribution in [0.1, 0.15) is 36.0 Å². The van der Waals surface area contributed by atoms with E-state index < -0.39 is 5.97 Å². The number of benzene rings is 1. The fourth-order valence-electron chi connectivity index (χ4n) is 2.45. The van der Waals surface area contributed by atoms with Gasteiger partial charge in [-0.15, -0.1) is 0 Å². The number of carboxylic acid groups (broad SMARTS) is 1. The first kappa shape index (κ1) is 13.4. The molecule has 1 saturated carbocycles. The SMILES string of the molecule is Nc1ccc(C(=O)NC2CCCC(C(=O)O)C2)cc1. The lowest BCUT2D eigenvalue weighted by molar-refractivity contribution is -0.143. The first-order valence-corrected chi connectivity index (χ1v) is 6.45. The largest absolute Gasteiger partial charge is 0.481 e. The lowest BCUT2D eigenvalue weighted by Crippen LogP contribution is -2.39. The molecule has 2 atom stereocenters. The van der Waals surface area contributed by atoms with Crippen LogP contribution in [0.5, 0.6) is 0 Å². The van der Waals surface area contributed by atoms with Gasteiger partial charge in [0.25, 0.3) is 5.91 Å². The van der Waals surface area contributed by atoms with Crippen molar-refractivity contribution in [2.75, 3.05) is 5.73 Å². The zero-order chi connectivity index (χ0) is 13.8. The van der Waals surface area contributed by atoms with E-state index in [9.17, 15) is 9.59 Å². The molecule has 0 heterocycles. The Kier molecular flexibility index (Phi) is 4.04. The number of amides is 1. The number of nitrogen functional groups attached to an aromatic ring is 1. The molecule has 0 saturated heterocycles. The lowest BCUT2D eigenvalue weighted by atomic mass is 9.85. The Balaban J connectivity index is 1.95. The minimum atomic E-state index is -0.772. The van der Waals surface area contributed by atoms with Gasteiger partial charge in [0.2, 0.25) is 0 Å². The van der Waals surface area contributed by atoms with E-state index in [1.807, 2.05) is 0 Å². The molecule has 1 aromatic carbocycles. The van der Waals surface area contributed by atoms with Crippen molar-refractivity contribution in [3.8, 4) is 0 Å². The molecule has 1 amide bonds. The second-order valence-electron chi connectivity index (χ2n) is 4.99. The number of hydrogen-bond donors (Lipinski definition) is 3. The molecule has 1 aliphatic rings. The summed E-state index contributed by atoms with van der Waals surface area (Å²) in [5, 5.41) is 11.9. The Morgan fingerprint density at radius 1 is 1.21 bits per heavy atom. The van der Waals surface area contributed by atoms with E-state index in [4.69, 9.17) is 10.8 Å². The van der Waals surface area contributed by atoms with Crippen molar-refractivity contribution in [2.24, 2.45) is 5.92 Å². The molecule has 5 nitrogen and oxygen atoms in total. The molecular weight excluding hydrogens is 244 g/mol. The van der Waals surface area contributed by atoms with Crippen molar-refractivity contribution in [2.45, 2.75) is 31.7 Å². The molecule has 0 aliphatic heterocycles. The predicted octanol–water partition coefficient (Wildman–Crippen LogP) is 1.64. The van der Waals surface area contributed by atoms with E-state index in [0.29, 0.717) is 24.1 Å². The van der Waals surface area contributed by atoms with Gasteiger partial charge in [-0.3, -0.25) is 9.59 Å². The summed E-state index contributed by atoms with van der Waals surface area (Å²) in [6.07, 6.45) is 2.88. The Morgan fingerprint density at radius 2 is 1.89 bits per heavy atom. The maximum absolute atomic E-state index is 12.0. The Morgan fingerprint density at radius 3 is 2.53 bits per heavy atom. The van der Waals surface area contributed by atoms with E-state index >= 15 is 0 Å². The monoisotopic (exact) mass is 262 g/mol. The molecule has 0 aromatic heterocycles. The van der Waals surface area contributed by atoms with Gasteiger partial charge in [-0.05, 0) is 43.5 Å². The summed E-state index contributed by atoms with van der Waals surface area (Å²) in [5.74, 6) is -1.28. The molecule has 19 heavy (non-hydrogen) atoms. The summed E-state index contributed by atoms with van der Waals surface area (Å²) in [7, 11) is 0. The second kappa shape index (κ2) is 5.73. The number of hydrogen-bond acceptors (Lipinski definition) is 3. The third-order valence-corrected chi connectivity index (χ3v) is 3.53. The van der Waals surface area contributed by atoms with Crippen LogP contribution in [0.25, 0.3) is 0 Å². The van der Waals surface area contributed by atoms with Crippen molar-refractivity contribution in [1.82, 2.24) is 5.32 Å². The molecule has 2 unspecified atom stereocenters. The van der Waals surface area contributed by atoms with Gasteiger partial charge in [-0.2, -0.15) is 0 Å². The summed E-state index contributed by atoms with van der Waals surface area (Å²) < 4.78 is 0. The second-order valence-corrected chi connectivity index (χ2v) is 4.99. The number of carboxylic acids is 1. The van der Waals surface area contributed by atoms with Crippen molar-refractivity contribution >= 4 is 17.6 Å². The molecule has 0 spiro atoms. The highest BCUT2D eigenvalue weighted by Crippen LogP contribution is 2.24. The summed E-state index contributed by atoms with van der Waals surface area (Å²) in [5.41, 5.74) is 6.72. The topological polar surface area (TPSA) is 92.4 Å². The predicted molar refractivity (Wildman–Crippen MR) is 71.7 cm³/mol.